The molecule has 1 aliphatic rings. The largest absolute Gasteiger partial charge is 0.351 e. The van der Waals surface area contributed by atoms with Crippen LogP contribution in [0.4, 0.5) is 14.5 Å². The highest BCUT2D eigenvalue weighted by Gasteiger charge is 2.35. The Balaban J connectivity index is 1.76. The van der Waals surface area contributed by atoms with Gasteiger partial charge in [0.2, 0.25) is 10.0 Å². The number of likely N-dealkylation sites (tertiary alicyclic amines) is 1. The van der Waals surface area contributed by atoms with Crippen LogP contribution in [0.1, 0.15) is 16.9 Å². The van der Waals surface area contributed by atoms with Crippen LogP contribution in [0.2, 0.25) is 5.02 Å². The van der Waals surface area contributed by atoms with Crippen molar-refractivity contribution in [3.8, 4) is 0 Å². The molecule has 0 radical (unpaired) electrons. The third kappa shape index (κ3) is 5.15. The van der Waals surface area contributed by atoms with E-state index in [0.717, 1.165) is 22.9 Å². The van der Waals surface area contributed by atoms with Crippen molar-refractivity contribution in [2.45, 2.75) is 17.4 Å². The van der Waals surface area contributed by atoms with Gasteiger partial charge >= 0.3 is 11.8 Å². The fourth-order valence-electron chi connectivity index (χ4n) is 3.35. The van der Waals surface area contributed by atoms with Crippen LogP contribution in [0.5, 0.6) is 0 Å². The van der Waals surface area contributed by atoms with Gasteiger partial charge in [-0.2, -0.15) is 0 Å². The molecule has 2 heterocycles. The van der Waals surface area contributed by atoms with E-state index < -0.39 is 56.0 Å². The van der Waals surface area contributed by atoms with E-state index in [1.807, 2.05) is 0 Å². The minimum Gasteiger partial charge on any atom is -0.351 e. The van der Waals surface area contributed by atoms with Gasteiger partial charge in [-0.05, 0) is 24.6 Å². The summed E-state index contributed by atoms with van der Waals surface area (Å²) in [4.78, 5) is 36.4. The fraction of sp³-hybridized carbons (Fsp3) is 0.316. The summed E-state index contributed by atoms with van der Waals surface area (Å²) in [6, 6.07) is 2.60. The van der Waals surface area contributed by atoms with Crippen molar-refractivity contribution >= 4 is 45.0 Å². The summed E-state index contributed by atoms with van der Waals surface area (Å²) < 4.78 is 57.1. The quantitative estimate of drug-likeness (QED) is 0.520. The van der Waals surface area contributed by atoms with Crippen LogP contribution in [-0.2, 0) is 26.7 Å². The van der Waals surface area contributed by atoms with Crippen LogP contribution in [0.25, 0.3) is 0 Å². The molecular weight excluding hydrogens is 484 g/mol. The van der Waals surface area contributed by atoms with Crippen molar-refractivity contribution in [3.05, 3.63) is 46.7 Å². The Morgan fingerprint density at radius 3 is 2.55 bits per heavy atom. The van der Waals surface area contributed by atoms with E-state index >= 15 is 4.39 Å². The molecule has 1 aromatic carbocycles. The molecule has 3 rings (SSSR count). The molecule has 1 atom stereocenters. The smallest absolute Gasteiger partial charge is 0.311 e. The number of likely N-dealkylation sites (N-methyl/N-ethyl adjacent to an activating group) is 1. The Morgan fingerprint density at radius 1 is 1.21 bits per heavy atom. The average molecular weight is 504 g/mol. The Morgan fingerprint density at radius 2 is 1.91 bits per heavy atom. The van der Waals surface area contributed by atoms with Crippen molar-refractivity contribution in [1.29, 1.82) is 0 Å². The second kappa shape index (κ2) is 9.45. The van der Waals surface area contributed by atoms with Gasteiger partial charge < -0.3 is 20.1 Å². The molecule has 3 amide bonds. The Hall–Kier alpha value is -3.03. The summed E-state index contributed by atoms with van der Waals surface area (Å²) in [6.07, 6.45) is 1.15. The number of rotatable bonds is 5. The molecule has 0 aliphatic carbocycles. The summed E-state index contributed by atoms with van der Waals surface area (Å²) in [5.41, 5.74) is -0.486. The molecule has 0 spiro atoms. The third-order valence-corrected chi connectivity index (χ3v) is 6.79. The number of carbonyl (C=O) groups excluding carboxylic acids is 3. The van der Waals surface area contributed by atoms with Gasteiger partial charge in [-0.1, -0.05) is 11.6 Å². The van der Waals surface area contributed by atoms with Gasteiger partial charge in [0.25, 0.3) is 5.91 Å². The molecule has 0 saturated carbocycles. The van der Waals surface area contributed by atoms with Crippen molar-refractivity contribution < 1.29 is 31.6 Å². The summed E-state index contributed by atoms with van der Waals surface area (Å²) >= 11 is 5.67. The van der Waals surface area contributed by atoms with Gasteiger partial charge in [0, 0.05) is 45.1 Å². The van der Waals surface area contributed by atoms with Crippen LogP contribution in [0.3, 0.4) is 0 Å². The van der Waals surface area contributed by atoms with E-state index in [1.165, 1.54) is 25.1 Å². The van der Waals surface area contributed by atoms with Gasteiger partial charge in [0.05, 0.1) is 5.02 Å². The monoisotopic (exact) mass is 503 g/mol. The van der Waals surface area contributed by atoms with Crippen LogP contribution >= 0.6 is 11.6 Å². The lowest BCUT2D eigenvalue weighted by Crippen LogP contribution is -2.43. The van der Waals surface area contributed by atoms with E-state index in [0.29, 0.717) is 0 Å². The number of aromatic nitrogens is 1. The molecule has 2 aromatic rings. The first-order chi connectivity index (χ1) is 15.4. The number of amides is 3. The van der Waals surface area contributed by atoms with Crippen LogP contribution in [0, 0.1) is 11.6 Å². The summed E-state index contributed by atoms with van der Waals surface area (Å²) in [5.74, 6) is -4.59. The fourth-order valence-corrected chi connectivity index (χ4v) is 4.92. The highest BCUT2D eigenvalue weighted by atomic mass is 35.5. The van der Waals surface area contributed by atoms with Gasteiger partial charge in [0.1, 0.15) is 16.4 Å². The Kier molecular flexibility index (Phi) is 7.05. The Bertz CT molecular complexity index is 1230. The molecule has 1 aromatic heterocycles. The van der Waals surface area contributed by atoms with E-state index in [-0.39, 0.29) is 30.2 Å². The lowest BCUT2D eigenvalue weighted by molar-refractivity contribution is -0.144. The molecule has 1 saturated heterocycles. The van der Waals surface area contributed by atoms with Crippen LogP contribution in [0.15, 0.2) is 29.3 Å². The van der Waals surface area contributed by atoms with Crippen molar-refractivity contribution in [2.24, 2.45) is 7.05 Å². The Labute approximate surface area is 192 Å². The number of hydrogen-bond donors (Lipinski definition) is 3. The molecule has 3 N–H and O–H groups in total. The maximum absolute atomic E-state index is 15.0. The van der Waals surface area contributed by atoms with Gasteiger partial charge in [-0.3, -0.25) is 14.4 Å². The van der Waals surface area contributed by atoms with Gasteiger partial charge in [0.15, 0.2) is 5.82 Å². The molecule has 1 aliphatic heterocycles. The highest BCUT2D eigenvalue weighted by Crippen LogP contribution is 2.24. The zero-order valence-corrected chi connectivity index (χ0v) is 19.1. The predicted octanol–water partition coefficient (Wildman–Crippen LogP) is 0.834. The molecule has 1 fully saturated rings. The predicted molar refractivity (Wildman–Crippen MR) is 114 cm³/mol. The number of benzene rings is 1. The number of hydrogen-bond acceptors (Lipinski definition) is 5. The molecule has 178 valence electrons. The number of halogens is 3. The molecule has 0 unspecified atom stereocenters. The summed E-state index contributed by atoms with van der Waals surface area (Å²) in [5, 5.41) is 4.27. The summed E-state index contributed by atoms with van der Waals surface area (Å²) in [6.45, 7) is 0.0726. The van der Waals surface area contributed by atoms with E-state index in [1.54, 1.807) is 0 Å². The minimum atomic E-state index is -4.40. The molecule has 33 heavy (non-hydrogen) atoms. The second-order valence-electron chi connectivity index (χ2n) is 7.29. The lowest BCUT2D eigenvalue weighted by Gasteiger charge is -2.16. The summed E-state index contributed by atoms with van der Waals surface area (Å²) in [7, 11) is -1.82. The van der Waals surface area contributed by atoms with E-state index in [4.69, 9.17) is 11.6 Å². The van der Waals surface area contributed by atoms with Gasteiger partial charge in [-0.25, -0.2) is 21.9 Å². The maximum atomic E-state index is 15.0. The number of carbonyl (C=O) groups is 3. The van der Waals surface area contributed by atoms with E-state index in [2.05, 4.69) is 15.4 Å². The first-order valence-corrected chi connectivity index (χ1v) is 11.4. The minimum absolute atomic E-state index is 0.0708. The zero-order valence-electron chi connectivity index (χ0n) is 17.5. The first-order valence-electron chi connectivity index (χ1n) is 9.59. The normalized spacial score (nSPS) is 16.0. The van der Waals surface area contributed by atoms with Crippen molar-refractivity contribution in [1.82, 2.24) is 19.5 Å². The van der Waals surface area contributed by atoms with Crippen LogP contribution in [-0.4, -0.2) is 61.8 Å². The van der Waals surface area contributed by atoms with Crippen LogP contribution < -0.4 is 15.4 Å². The number of nitrogens with zero attached hydrogens (tertiary/aromatic N) is 2. The van der Waals surface area contributed by atoms with Gasteiger partial charge in [-0.15, -0.1) is 0 Å². The average Bonchev–Trinajstić information content (AvgIpc) is 3.33. The number of nitrogens with one attached hydrogen (secondary N) is 3. The number of anilines is 1. The first kappa shape index (κ1) is 24.6. The maximum Gasteiger partial charge on any atom is 0.311 e. The van der Waals surface area contributed by atoms with Crippen molar-refractivity contribution in [2.75, 3.05) is 25.5 Å². The SMILES string of the molecule is CNC(=O)C(=O)N1CC[C@@H](NS(=O)(=O)c2cn(C)c(C(=O)Nc3ccc(F)c(Cl)c3)c2F)C1. The molecule has 14 heteroatoms. The molecule has 0 bridgehead atoms. The number of aryl methyl sites for hydroxylation is 1. The van der Waals surface area contributed by atoms with E-state index in [9.17, 15) is 27.2 Å². The third-order valence-electron chi connectivity index (χ3n) is 4.99. The highest BCUT2D eigenvalue weighted by molar-refractivity contribution is 7.89. The topological polar surface area (TPSA) is 130 Å². The molecule has 10 nitrogen and oxygen atoms in total. The standard InChI is InChI=1S/C19H20ClF2N5O5S/c1-23-18(29)19(30)27-6-5-11(8-27)25-33(31,32)14-9-26(2)16(15(14)22)17(28)24-10-3-4-13(21)12(20)7-10/h3-4,7,9,11,25H,5-6,8H2,1-2H3,(H,23,29)(H,24,28)/t11-/m1/s1. The zero-order chi connectivity index (χ0) is 24.5. The second-order valence-corrected chi connectivity index (χ2v) is 9.38. The number of sulfonamides is 1. The lowest BCUT2D eigenvalue weighted by atomic mass is 10.3. The van der Waals surface area contributed by atoms with Crippen molar-refractivity contribution in [3.63, 3.8) is 0 Å². The molecular formula is C19H20ClF2N5O5S.